The van der Waals surface area contributed by atoms with E-state index in [4.69, 9.17) is 9.97 Å². The lowest BCUT2D eigenvalue weighted by Crippen LogP contribution is -2.46. The minimum absolute atomic E-state index is 0.182. The molecule has 216 valence electrons. The van der Waals surface area contributed by atoms with E-state index in [2.05, 4.69) is 147 Å². The van der Waals surface area contributed by atoms with Gasteiger partial charge >= 0.3 is 0 Å². The molecule has 0 radical (unpaired) electrons. The molecule has 0 saturated heterocycles. The highest BCUT2D eigenvalue weighted by atomic mass is 15.2. The fourth-order valence-electron chi connectivity index (χ4n) is 9.24. The van der Waals surface area contributed by atoms with Crippen molar-refractivity contribution in [2.24, 2.45) is 0 Å². The van der Waals surface area contributed by atoms with Crippen LogP contribution in [0.4, 0.5) is 34.1 Å². The minimum Gasteiger partial charge on any atom is -0.308 e. The van der Waals surface area contributed by atoms with E-state index in [9.17, 15) is 0 Å². The van der Waals surface area contributed by atoms with Gasteiger partial charge < -0.3 is 9.80 Å². The number of para-hydroxylation sites is 4. The second-order valence-corrected chi connectivity index (χ2v) is 13.9. The molecule has 1 spiro atoms. The Hall–Kier alpha value is -5.22. The van der Waals surface area contributed by atoms with Crippen LogP contribution in [0.25, 0.3) is 0 Å². The predicted octanol–water partition coefficient (Wildman–Crippen LogP) is 9.70. The van der Waals surface area contributed by atoms with E-state index in [1.807, 2.05) is 12.4 Å². The van der Waals surface area contributed by atoms with Crippen LogP contribution in [-0.2, 0) is 16.2 Å². The van der Waals surface area contributed by atoms with E-state index in [-0.39, 0.29) is 10.8 Å². The molecule has 4 aliphatic heterocycles. The normalized spacial score (nSPS) is 17.8. The quantitative estimate of drug-likeness (QED) is 0.179. The van der Waals surface area contributed by atoms with Crippen molar-refractivity contribution in [2.45, 2.75) is 43.9 Å². The van der Waals surface area contributed by atoms with Crippen molar-refractivity contribution in [3.8, 4) is 0 Å². The molecule has 0 fully saturated rings. The van der Waals surface area contributed by atoms with E-state index in [1.54, 1.807) is 0 Å². The summed E-state index contributed by atoms with van der Waals surface area (Å²) in [6.45, 7) is 9.48. The molecule has 0 saturated carbocycles. The lowest BCUT2D eigenvalue weighted by atomic mass is 9.57. The summed E-state index contributed by atoms with van der Waals surface area (Å²) in [6, 6.07) is 36.3. The zero-order valence-electron chi connectivity index (χ0n) is 25.8. The number of aromatic nitrogens is 2. The van der Waals surface area contributed by atoms with Gasteiger partial charge in [0.25, 0.3) is 0 Å². The Labute approximate surface area is 263 Å². The lowest BCUT2D eigenvalue weighted by molar-refractivity contribution is 0.609. The molecule has 45 heavy (non-hydrogen) atoms. The van der Waals surface area contributed by atoms with Gasteiger partial charge in [-0.25, -0.2) is 0 Å². The van der Waals surface area contributed by atoms with E-state index in [0.29, 0.717) is 0 Å². The van der Waals surface area contributed by atoms with Gasteiger partial charge in [-0.15, -0.1) is 0 Å². The Morgan fingerprint density at radius 2 is 0.800 bits per heavy atom. The lowest BCUT2D eigenvalue weighted by Gasteiger charge is -2.55. The first-order chi connectivity index (χ1) is 21.9. The Kier molecular flexibility index (Phi) is 4.51. The van der Waals surface area contributed by atoms with Gasteiger partial charge in [-0.05, 0) is 68.8 Å². The molecule has 10 rings (SSSR count). The molecule has 6 aromatic rings. The topological polar surface area (TPSA) is 32.3 Å². The number of benzene rings is 4. The molecule has 0 N–H and O–H groups in total. The first kappa shape index (κ1) is 25.1. The fraction of sp³-hybridized carbons (Fsp3) is 0.171. The van der Waals surface area contributed by atoms with Crippen LogP contribution < -0.4 is 9.80 Å². The number of fused-ring (bicyclic) bond motifs is 12. The molecule has 0 amide bonds. The highest BCUT2D eigenvalue weighted by Gasteiger charge is 2.56. The fourth-order valence-corrected chi connectivity index (χ4v) is 9.24. The summed E-state index contributed by atoms with van der Waals surface area (Å²) in [5.41, 5.74) is 16.7. The van der Waals surface area contributed by atoms with Gasteiger partial charge in [0.1, 0.15) is 0 Å². The van der Waals surface area contributed by atoms with Crippen molar-refractivity contribution >= 4 is 34.1 Å². The van der Waals surface area contributed by atoms with Crippen molar-refractivity contribution in [2.75, 3.05) is 9.80 Å². The number of nitrogens with zero attached hydrogens (tertiary/aromatic N) is 4. The zero-order chi connectivity index (χ0) is 30.3. The number of rotatable bonds is 0. The van der Waals surface area contributed by atoms with Crippen molar-refractivity contribution < 1.29 is 0 Å². The monoisotopic (exact) mass is 580 g/mol. The third kappa shape index (κ3) is 2.72. The average molecular weight is 581 g/mol. The molecule has 4 aromatic carbocycles. The van der Waals surface area contributed by atoms with Gasteiger partial charge in [0.15, 0.2) is 0 Å². The molecule has 4 aliphatic rings. The summed E-state index contributed by atoms with van der Waals surface area (Å²) < 4.78 is 0. The molecule has 0 atom stereocenters. The molecule has 0 aliphatic carbocycles. The summed E-state index contributed by atoms with van der Waals surface area (Å²) in [7, 11) is 0. The van der Waals surface area contributed by atoms with Crippen LogP contribution in [0.3, 0.4) is 0 Å². The van der Waals surface area contributed by atoms with Gasteiger partial charge in [0.05, 0.1) is 51.9 Å². The van der Waals surface area contributed by atoms with Crippen LogP contribution >= 0.6 is 0 Å². The average Bonchev–Trinajstić information content (AvgIpc) is 3.07. The molecule has 0 bridgehead atoms. The number of anilines is 6. The van der Waals surface area contributed by atoms with Crippen LogP contribution in [0.5, 0.6) is 0 Å². The number of hydrogen-bond acceptors (Lipinski definition) is 4. The summed E-state index contributed by atoms with van der Waals surface area (Å²) >= 11 is 0. The van der Waals surface area contributed by atoms with Gasteiger partial charge in [0.2, 0.25) is 0 Å². The van der Waals surface area contributed by atoms with E-state index < -0.39 is 5.41 Å². The third-order valence-corrected chi connectivity index (χ3v) is 11.2. The second kappa shape index (κ2) is 8.08. The highest BCUT2D eigenvalue weighted by Crippen LogP contribution is 2.68. The first-order valence-corrected chi connectivity index (χ1v) is 15.8. The maximum Gasteiger partial charge on any atom is 0.0785 e. The molecule has 6 heterocycles. The summed E-state index contributed by atoms with van der Waals surface area (Å²) in [5.74, 6) is 0. The van der Waals surface area contributed by atoms with Crippen molar-refractivity contribution in [3.63, 3.8) is 0 Å². The Bertz CT molecular complexity index is 2100. The van der Waals surface area contributed by atoms with Gasteiger partial charge in [-0.1, -0.05) is 100 Å². The smallest absolute Gasteiger partial charge is 0.0785 e. The Morgan fingerprint density at radius 3 is 1.27 bits per heavy atom. The summed E-state index contributed by atoms with van der Waals surface area (Å²) in [6.07, 6.45) is 8.09. The van der Waals surface area contributed by atoms with E-state index in [1.165, 1.54) is 67.3 Å². The van der Waals surface area contributed by atoms with Crippen LogP contribution in [-0.4, -0.2) is 9.97 Å². The van der Waals surface area contributed by atoms with E-state index >= 15 is 0 Å². The minimum atomic E-state index is -0.578. The van der Waals surface area contributed by atoms with Crippen molar-refractivity contribution in [1.82, 2.24) is 9.97 Å². The molecule has 4 nitrogen and oxygen atoms in total. The van der Waals surface area contributed by atoms with Gasteiger partial charge in [-0.3, -0.25) is 9.97 Å². The van der Waals surface area contributed by atoms with Gasteiger partial charge in [-0.2, -0.15) is 0 Å². The molecular weight excluding hydrogens is 548 g/mol. The second-order valence-electron chi connectivity index (χ2n) is 13.9. The molecule has 2 aromatic heterocycles. The summed E-state index contributed by atoms with van der Waals surface area (Å²) in [4.78, 5) is 14.5. The van der Waals surface area contributed by atoms with E-state index in [0.717, 1.165) is 11.4 Å². The maximum absolute atomic E-state index is 4.77. The first-order valence-electron chi connectivity index (χ1n) is 15.8. The standard InChI is InChI=1S/C41H32N4/c1-39(2)25-11-5-7-17-33(25)44-35-23-42-21-19-27(35)41(31-15-9-13-29(39)37(31)44)28-20-22-43-24-36(28)45-34-18-8-6-12-26(34)40(3,4)30-14-10-16-32(41)38(30)45/h5-24H,1-4H3. The predicted molar refractivity (Wildman–Crippen MR) is 181 cm³/mol. The Morgan fingerprint density at radius 1 is 0.400 bits per heavy atom. The Balaban J connectivity index is 1.42. The largest absolute Gasteiger partial charge is 0.308 e. The van der Waals surface area contributed by atoms with Gasteiger partial charge in [0, 0.05) is 23.2 Å². The molecular formula is C41H32N4. The highest BCUT2D eigenvalue weighted by molar-refractivity contribution is 6.00. The SMILES string of the molecule is CC1(C)c2ccccc2N2c3cnccc3C3(c4ccncc4N4c5ccccc5C(C)(C)c5cccc3c54)c3cccc1c32. The van der Waals surface area contributed by atoms with Crippen LogP contribution in [0.15, 0.2) is 122 Å². The van der Waals surface area contributed by atoms with Crippen molar-refractivity contribution in [1.29, 1.82) is 0 Å². The number of pyridine rings is 2. The molecule has 0 unspecified atom stereocenters. The van der Waals surface area contributed by atoms with Crippen molar-refractivity contribution in [3.05, 3.63) is 166 Å². The maximum atomic E-state index is 4.77. The van der Waals surface area contributed by atoms with Crippen LogP contribution in [0, 0.1) is 0 Å². The number of hydrogen-bond donors (Lipinski definition) is 0. The zero-order valence-corrected chi connectivity index (χ0v) is 25.8. The van der Waals surface area contributed by atoms with Crippen LogP contribution in [0.2, 0.25) is 0 Å². The summed E-state index contributed by atoms with van der Waals surface area (Å²) in [5, 5.41) is 0. The van der Waals surface area contributed by atoms with Crippen LogP contribution in [0.1, 0.15) is 72.2 Å². The third-order valence-electron chi connectivity index (χ3n) is 11.2. The molecule has 4 heteroatoms.